The van der Waals surface area contributed by atoms with Gasteiger partial charge < -0.3 is 14.9 Å². The summed E-state index contributed by atoms with van der Waals surface area (Å²) in [7, 11) is -0.153. The summed E-state index contributed by atoms with van der Waals surface area (Å²) in [5.74, 6) is 0. The second-order valence-electron chi connectivity index (χ2n) is 12.1. The first-order chi connectivity index (χ1) is 11.4. The van der Waals surface area contributed by atoms with E-state index in [-0.39, 0.29) is 40.8 Å². The minimum absolute atomic E-state index is 0. The van der Waals surface area contributed by atoms with E-state index in [4.69, 9.17) is 0 Å². The molecule has 1 radical (unpaired) electrons. The second kappa shape index (κ2) is 13.9. The maximum Gasteiger partial charge on any atom is 3.00 e. The summed E-state index contributed by atoms with van der Waals surface area (Å²) in [5.41, 5.74) is 0. The van der Waals surface area contributed by atoms with Crippen LogP contribution in [0, 0.1) is 40.8 Å². The summed E-state index contributed by atoms with van der Waals surface area (Å²) in [5, 5.41) is 0. The number of hydrogen-bond acceptors (Lipinski definition) is 0. The first-order valence-electron chi connectivity index (χ1n) is 10.3. The Kier molecular flexibility index (Phi) is 18.8. The second-order valence-corrected chi connectivity index (χ2v) is 60.8. The summed E-state index contributed by atoms with van der Waals surface area (Å²) >= 11 is 0. The maximum atomic E-state index is 4.49. The summed E-state index contributed by atoms with van der Waals surface area (Å²) in [6, 6.07) is 0. The molecule has 169 valence electrons. The molecule has 0 aromatic carbocycles. The van der Waals surface area contributed by atoms with E-state index in [1.54, 1.807) is 0 Å². The Bertz CT molecular complexity index is 349. The van der Waals surface area contributed by atoms with Crippen LogP contribution in [0.15, 0.2) is 0 Å². The van der Waals surface area contributed by atoms with Gasteiger partial charge in [-0.05, 0) is 0 Å². The predicted molar refractivity (Wildman–Crippen MR) is 150 cm³/mol. The topological polar surface area (TPSA) is 42.3 Å². The molecule has 3 nitrogen and oxygen atoms in total. The fraction of sp³-hybridized carbons (Fsp3) is 1.00. The van der Waals surface area contributed by atoms with Gasteiger partial charge in [-0.25, -0.2) is 0 Å². The molecule has 0 saturated carbocycles. The van der Waals surface area contributed by atoms with Gasteiger partial charge in [-0.2, -0.15) is 21.1 Å². The molecule has 0 aliphatic carbocycles. The fourth-order valence-corrected chi connectivity index (χ4v) is 9.06. The Morgan fingerprint density at radius 2 is 0.429 bits per heavy atom. The normalized spacial score (nSPS) is 13.5. The zero-order valence-corrected chi connectivity index (χ0v) is 32.0. The van der Waals surface area contributed by atoms with Crippen molar-refractivity contribution in [2.45, 2.75) is 98.2 Å². The Morgan fingerprint density at radius 3 is 0.429 bits per heavy atom. The molecule has 28 heavy (non-hydrogen) atoms. The maximum absolute atomic E-state index is 4.49. The van der Waals surface area contributed by atoms with E-state index in [2.05, 4.69) is 113 Å². The summed E-state index contributed by atoms with van der Waals surface area (Å²) in [4.78, 5) is 13.5. The van der Waals surface area contributed by atoms with Gasteiger partial charge in [0.2, 0.25) is 0 Å². The van der Waals surface area contributed by atoms with E-state index < -0.39 is 46.0 Å². The van der Waals surface area contributed by atoms with Gasteiger partial charge in [-0.3, -0.25) is 0 Å². The van der Waals surface area contributed by atoms with E-state index in [0.29, 0.717) is 0 Å². The van der Waals surface area contributed by atoms with E-state index in [9.17, 15) is 0 Å². The molecule has 0 bridgehead atoms. The SMILES string of the molecule is C[N-][Si](C)(C)[Si](C)(C)C.C[N-][Si](C)(C)[Si](C)(C)C.C[N-][Si](C)(C)[Si](C)(C)C.[Nd+3]. The van der Waals surface area contributed by atoms with E-state index in [1.807, 2.05) is 21.1 Å². The summed E-state index contributed by atoms with van der Waals surface area (Å²) in [6.07, 6.45) is 0. The molecule has 0 unspecified atom stereocenters. The van der Waals surface area contributed by atoms with Crippen LogP contribution in [0.2, 0.25) is 98.2 Å². The molecule has 0 N–H and O–H groups in total. The molecule has 10 heteroatoms. The molecule has 0 amide bonds. The smallest absolute Gasteiger partial charge is 0.669 e. The summed E-state index contributed by atoms with van der Waals surface area (Å²) < 4.78 is 0. The van der Waals surface area contributed by atoms with E-state index in [1.165, 1.54) is 0 Å². The van der Waals surface area contributed by atoms with Crippen molar-refractivity contribution in [2.24, 2.45) is 0 Å². The molecule has 0 atom stereocenters. The van der Waals surface area contributed by atoms with Gasteiger partial charge in [0.25, 0.3) is 0 Å². The Labute approximate surface area is 219 Å². The molecule has 0 spiro atoms. The first-order valence-corrected chi connectivity index (χ1v) is 32.6. The number of nitrogens with zero attached hydrogens (tertiary/aromatic N) is 3. The molecule has 0 aromatic rings. The average Bonchev–Trinajstić information content (AvgIpc) is 2.45. The van der Waals surface area contributed by atoms with Crippen LogP contribution in [0.4, 0.5) is 0 Å². The van der Waals surface area contributed by atoms with Crippen LogP contribution in [0.5, 0.6) is 0 Å². The van der Waals surface area contributed by atoms with Crippen molar-refractivity contribution in [3.05, 3.63) is 14.9 Å². The number of hydrogen-bond donors (Lipinski definition) is 0. The van der Waals surface area contributed by atoms with Crippen LogP contribution in [-0.2, 0) is 0 Å². The van der Waals surface area contributed by atoms with Crippen LogP contribution in [0.25, 0.3) is 14.9 Å². The molecule has 0 saturated heterocycles. The third-order valence-electron chi connectivity index (χ3n) is 7.18. The van der Waals surface area contributed by atoms with Gasteiger partial charge in [0, 0.05) is 22.8 Å². The minimum Gasteiger partial charge on any atom is -0.669 e. The Balaban J connectivity index is -0.000000152. The molecule has 0 aliphatic rings. The summed E-state index contributed by atoms with van der Waals surface area (Å²) in [6.45, 7) is 35.8. The van der Waals surface area contributed by atoms with Gasteiger partial charge in [0.15, 0.2) is 0 Å². The van der Waals surface area contributed by atoms with Crippen molar-refractivity contribution in [3.63, 3.8) is 0 Å². The molecule has 0 rings (SSSR count). The third-order valence-corrected chi connectivity index (χ3v) is 56.6. The monoisotopic (exact) mass is 622 g/mol. The van der Waals surface area contributed by atoms with E-state index >= 15 is 0 Å². The van der Waals surface area contributed by atoms with Crippen LogP contribution in [0.1, 0.15) is 0 Å². The fourth-order valence-electron chi connectivity index (χ4n) is 1.01. The van der Waals surface area contributed by atoms with E-state index in [0.717, 1.165) is 0 Å². The van der Waals surface area contributed by atoms with Crippen molar-refractivity contribution >= 4 is 46.0 Å². The zero-order chi connectivity index (χ0) is 23.1. The van der Waals surface area contributed by atoms with Crippen molar-refractivity contribution in [1.29, 1.82) is 0 Å². The predicted octanol–water partition coefficient (Wildman–Crippen LogP) is 7.83. The molecule has 0 aromatic heterocycles. The Hall–Kier alpha value is 2.53. The van der Waals surface area contributed by atoms with Crippen molar-refractivity contribution in [2.75, 3.05) is 21.1 Å². The molecule has 0 heterocycles. The van der Waals surface area contributed by atoms with Gasteiger partial charge in [0.05, 0.1) is 0 Å². The largest absolute Gasteiger partial charge is 3.00 e. The van der Waals surface area contributed by atoms with Crippen LogP contribution in [-0.4, -0.2) is 67.2 Å². The van der Waals surface area contributed by atoms with Crippen molar-refractivity contribution in [3.8, 4) is 0 Å². The first kappa shape index (κ1) is 37.8. The zero-order valence-electron chi connectivity index (χ0n) is 22.8. The minimum atomic E-state index is -1.11. The van der Waals surface area contributed by atoms with Crippen LogP contribution < -0.4 is 0 Å². The molecule has 0 aliphatic heterocycles. The van der Waals surface area contributed by atoms with Gasteiger partial charge in [-0.1, -0.05) is 121 Å². The number of rotatable bonds is 6. The van der Waals surface area contributed by atoms with Crippen molar-refractivity contribution < 1.29 is 40.8 Å². The molecular weight excluding hydrogens is 571 g/mol. The average molecular weight is 625 g/mol. The quantitative estimate of drug-likeness (QED) is 0.270. The standard InChI is InChI=1S/3C6H18NSi2.Nd/c3*1-7-9(5,6)8(2,3)4;/h3*1-6H3;/q3*-1;+3. The third kappa shape index (κ3) is 14.6. The van der Waals surface area contributed by atoms with Crippen LogP contribution in [0.3, 0.4) is 0 Å². The molecule has 0 fully saturated rings. The van der Waals surface area contributed by atoms with Crippen molar-refractivity contribution in [1.82, 2.24) is 0 Å². The Morgan fingerprint density at radius 1 is 0.321 bits per heavy atom. The van der Waals surface area contributed by atoms with Gasteiger partial charge >= 0.3 is 40.8 Å². The molecular formula is C18H54N3NdSi6. The van der Waals surface area contributed by atoms with Gasteiger partial charge in [-0.15, -0.1) is 0 Å². The van der Waals surface area contributed by atoms with Gasteiger partial charge in [0.1, 0.15) is 0 Å². The van der Waals surface area contributed by atoms with Crippen LogP contribution >= 0.6 is 0 Å².